The minimum absolute atomic E-state index is 0.241. The second-order valence-electron chi connectivity index (χ2n) is 3.19. The fraction of sp³-hybridized carbons (Fsp3) is 0.273. The number of hydrogen-bond donors (Lipinski definition) is 1. The molecule has 2 nitrogen and oxygen atoms in total. The first kappa shape index (κ1) is 10.9. The molecule has 15 heavy (non-hydrogen) atoms. The number of nitrogens with one attached hydrogen (secondary N) is 1. The van der Waals surface area contributed by atoms with Gasteiger partial charge in [0.25, 0.3) is 0 Å². The average molecular weight is 286 g/mol. The van der Waals surface area contributed by atoms with Crippen LogP contribution in [0.2, 0.25) is 0 Å². The Balaban J connectivity index is 2.27. The zero-order chi connectivity index (χ0) is 10.7. The fourth-order valence-corrected chi connectivity index (χ4v) is 3.04. The first-order chi connectivity index (χ1) is 7.31. The number of rotatable bonds is 4. The summed E-state index contributed by atoms with van der Waals surface area (Å²) in [6.07, 6.45) is 3.50. The molecule has 2 aromatic rings. The molecule has 2 aromatic heterocycles. The normalized spacial score (nSPS) is 12.9. The minimum Gasteiger partial charge on any atom is -0.472 e. The quantitative estimate of drug-likeness (QED) is 0.924. The van der Waals surface area contributed by atoms with Gasteiger partial charge in [0, 0.05) is 10.4 Å². The topological polar surface area (TPSA) is 25.2 Å². The van der Waals surface area contributed by atoms with Crippen molar-refractivity contribution in [2.24, 2.45) is 0 Å². The Kier molecular flexibility index (Phi) is 3.61. The summed E-state index contributed by atoms with van der Waals surface area (Å²) in [6, 6.07) is 6.45. The van der Waals surface area contributed by atoms with Gasteiger partial charge in [0.1, 0.15) is 0 Å². The number of thiophene rings is 1. The van der Waals surface area contributed by atoms with Crippen molar-refractivity contribution in [3.05, 3.63) is 45.0 Å². The lowest BCUT2D eigenvalue weighted by molar-refractivity contribution is 0.554. The highest BCUT2D eigenvalue weighted by Crippen LogP contribution is 2.31. The zero-order valence-electron chi connectivity index (χ0n) is 8.37. The first-order valence-electron chi connectivity index (χ1n) is 4.82. The molecule has 2 heterocycles. The summed E-state index contributed by atoms with van der Waals surface area (Å²) < 4.78 is 6.28. The Morgan fingerprint density at radius 1 is 1.47 bits per heavy atom. The van der Waals surface area contributed by atoms with Crippen molar-refractivity contribution in [2.75, 3.05) is 6.54 Å². The van der Waals surface area contributed by atoms with Crippen LogP contribution in [0.1, 0.15) is 23.4 Å². The molecule has 2 rings (SSSR count). The molecule has 1 N–H and O–H groups in total. The first-order valence-corrected chi connectivity index (χ1v) is 6.43. The number of furan rings is 1. The van der Waals surface area contributed by atoms with E-state index < -0.39 is 0 Å². The molecule has 0 bridgehead atoms. The van der Waals surface area contributed by atoms with Crippen molar-refractivity contribution in [1.82, 2.24) is 5.32 Å². The third-order valence-electron chi connectivity index (χ3n) is 2.16. The monoisotopic (exact) mass is 285 g/mol. The number of hydrogen-bond acceptors (Lipinski definition) is 3. The molecule has 1 unspecified atom stereocenters. The van der Waals surface area contributed by atoms with E-state index in [9.17, 15) is 0 Å². The van der Waals surface area contributed by atoms with Crippen molar-refractivity contribution < 1.29 is 4.42 Å². The van der Waals surface area contributed by atoms with Crippen LogP contribution in [0.3, 0.4) is 0 Å². The highest BCUT2D eigenvalue weighted by Gasteiger charge is 2.15. The van der Waals surface area contributed by atoms with Gasteiger partial charge in [0.05, 0.1) is 22.4 Å². The van der Waals surface area contributed by atoms with E-state index >= 15 is 0 Å². The van der Waals surface area contributed by atoms with Gasteiger partial charge >= 0.3 is 0 Å². The second-order valence-corrected chi connectivity index (χ2v) is 5.68. The highest BCUT2D eigenvalue weighted by atomic mass is 79.9. The van der Waals surface area contributed by atoms with Crippen LogP contribution in [0.15, 0.2) is 38.9 Å². The summed E-state index contributed by atoms with van der Waals surface area (Å²) in [4.78, 5) is 1.30. The Bertz CT molecular complexity index is 410. The predicted molar refractivity (Wildman–Crippen MR) is 66.2 cm³/mol. The van der Waals surface area contributed by atoms with Gasteiger partial charge in [0.15, 0.2) is 0 Å². The molecular formula is C11H12BrNOS. The minimum atomic E-state index is 0.241. The van der Waals surface area contributed by atoms with Crippen molar-refractivity contribution >= 4 is 27.3 Å². The van der Waals surface area contributed by atoms with Gasteiger partial charge in [-0.15, -0.1) is 11.3 Å². The molecule has 0 aromatic carbocycles. The maximum atomic E-state index is 5.12. The van der Waals surface area contributed by atoms with Gasteiger partial charge in [-0.2, -0.15) is 0 Å². The van der Waals surface area contributed by atoms with E-state index in [1.807, 2.05) is 6.07 Å². The van der Waals surface area contributed by atoms with Crippen LogP contribution >= 0.6 is 27.3 Å². The largest absolute Gasteiger partial charge is 0.472 e. The fourth-order valence-electron chi connectivity index (χ4n) is 1.51. The van der Waals surface area contributed by atoms with E-state index in [0.717, 1.165) is 10.3 Å². The second kappa shape index (κ2) is 4.96. The molecule has 0 spiro atoms. The Morgan fingerprint density at radius 2 is 2.33 bits per heavy atom. The van der Waals surface area contributed by atoms with E-state index in [2.05, 4.69) is 40.3 Å². The van der Waals surface area contributed by atoms with Crippen LogP contribution in [-0.2, 0) is 0 Å². The standard InChI is InChI=1S/C11H12BrNOS/c1-2-13-11(8-5-6-14-7-8)9-3-4-10(12)15-9/h3-7,11,13H,2H2,1H3. The summed E-state index contributed by atoms with van der Waals surface area (Å²) in [6.45, 7) is 3.04. The van der Waals surface area contributed by atoms with Crippen molar-refractivity contribution in [3.8, 4) is 0 Å². The van der Waals surface area contributed by atoms with Crippen LogP contribution in [-0.4, -0.2) is 6.54 Å². The summed E-state index contributed by atoms with van der Waals surface area (Å²) in [7, 11) is 0. The molecule has 0 fully saturated rings. The lowest BCUT2D eigenvalue weighted by atomic mass is 10.1. The molecule has 80 valence electrons. The van der Waals surface area contributed by atoms with E-state index in [1.165, 1.54) is 10.4 Å². The molecule has 0 radical (unpaired) electrons. The molecular weight excluding hydrogens is 274 g/mol. The van der Waals surface area contributed by atoms with Gasteiger partial charge in [-0.1, -0.05) is 6.92 Å². The van der Waals surface area contributed by atoms with Gasteiger partial charge < -0.3 is 9.73 Å². The van der Waals surface area contributed by atoms with Gasteiger partial charge in [0.2, 0.25) is 0 Å². The van der Waals surface area contributed by atoms with Crippen LogP contribution in [0.4, 0.5) is 0 Å². The van der Waals surface area contributed by atoms with Crippen LogP contribution in [0.5, 0.6) is 0 Å². The lowest BCUT2D eigenvalue weighted by Gasteiger charge is -2.14. The molecule has 0 aliphatic carbocycles. The van der Waals surface area contributed by atoms with Crippen molar-refractivity contribution in [2.45, 2.75) is 13.0 Å². The Labute approximate surface area is 101 Å². The van der Waals surface area contributed by atoms with E-state index in [-0.39, 0.29) is 6.04 Å². The SMILES string of the molecule is CCNC(c1ccoc1)c1ccc(Br)s1. The summed E-state index contributed by atoms with van der Waals surface area (Å²) >= 11 is 5.23. The van der Waals surface area contributed by atoms with Crippen LogP contribution in [0, 0.1) is 0 Å². The maximum absolute atomic E-state index is 5.12. The number of halogens is 1. The van der Waals surface area contributed by atoms with E-state index in [4.69, 9.17) is 4.42 Å². The molecule has 0 amide bonds. The van der Waals surface area contributed by atoms with E-state index in [0.29, 0.717) is 0 Å². The maximum Gasteiger partial charge on any atom is 0.0954 e. The van der Waals surface area contributed by atoms with Crippen LogP contribution in [0.25, 0.3) is 0 Å². The van der Waals surface area contributed by atoms with Gasteiger partial charge in [-0.05, 0) is 40.7 Å². The summed E-state index contributed by atoms with van der Waals surface area (Å²) in [5.74, 6) is 0. The average Bonchev–Trinajstić information content (AvgIpc) is 2.85. The summed E-state index contributed by atoms with van der Waals surface area (Å²) in [5, 5.41) is 3.44. The molecule has 0 saturated carbocycles. The molecule has 0 aliphatic rings. The summed E-state index contributed by atoms with van der Waals surface area (Å²) in [5.41, 5.74) is 1.17. The van der Waals surface area contributed by atoms with Crippen molar-refractivity contribution in [3.63, 3.8) is 0 Å². The Hall–Kier alpha value is -0.580. The predicted octanol–water partition coefficient (Wildman–Crippen LogP) is 3.80. The molecule has 1 atom stereocenters. The molecule has 0 saturated heterocycles. The van der Waals surface area contributed by atoms with Crippen LogP contribution < -0.4 is 5.32 Å². The Morgan fingerprint density at radius 3 is 2.87 bits per heavy atom. The third kappa shape index (κ3) is 2.51. The molecule has 4 heteroatoms. The van der Waals surface area contributed by atoms with Gasteiger partial charge in [-0.25, -0.2) is 0 Å². The van der Waals surface area contributed by atoms with Crippen molar-refractivity contribution in [1.29, 1.82) is 0 Å². The molecule has 0 aliphatic heterocycles. The van der Waals surface area contributed by atoms with Gasteiger partial charge in [-0.3, -0.25) is 0 Å². The third-order valence-corrected chi connectivity index (χ3v) is 3.85. The highest BCUT2D eigenvalue weighted by molar-refractivity contribution is 9.11. The van der Waals surface area contributed by atoms with E-state index in [1.54, 1.807) is 23.9 Å². The zero-order valence-corrected chi connectivity index (χ0v) is 10.8. The smallest absolute Gasteiger partial charge is 0.0954 e. The lowest BCUT2D eigenvalue weighted by Crippen LogP contribution is -2.20.